The summed E-state index contributed by atoms with van der Waals surface area (Å²) in [5.74, 6) is 0.570. The summed E-state index contributed by atoms with van der Waals surface area (Å²) >= 11 is 0. The minimum atomic E-state index is -0.126. The van der Waals surface area contributed by atoms with E-state index in [2.05, 4.69) is 16.2 Å². The lowest BCUT2D eigenvalue weighted by atomic mass is 10.2. The van der Waals surface area contributed by atoms with Crippen molar-refractivity contribution in [3.05, 3.63) is 11.5 Å². The Morgan fingerprint density at radius 2 is 2.21 bits per heavy atom. The highest BCUT2D eigenvalue weighted by molar-refractivity contribution is 5.83. The van der Waals surface area contributed by atoms with E-state index in [9.17, 15) is 9.59 Å². The molecule has 0 aromatic rings. The molecule has 0 spiro atoms. The van der Waals surface area contributed by atoms with Gasteiger partial charge < -0.3 is 10.2 Å². The first-order chi connectivity index (χ1) is 6.68. The molecule has 2 aliphatic rings. The molecule has 0 unspecified atom stereocenters. The van der Waals surface area contributed by atoms with Gasteiger partial charge in [-0.15, -0.1) is 0 Å². The standard InChI is InChI=1S/C8H12N4O2/c1-5(13)12-3-2-9-8-6(12)4-7(14)10-11-8/h9,11H,2-4H2,1H3,(H,10,14). The van der Waals surface area contributed by atoms with Gasteiger partial charge in [-0.05, 0) is 0 Å². The summed E-state index contributed by atoms with van der Waals surface area (Å²) in [6.45, 7) is 2.81. The van der Waals surface area contributed by atoms with Crippen molar-refractivity contribution >= 4 is 11.8 Å². The zero-order chi connectivity index (χ0) is 10.1. The molecule has 0 bridgehead atoms. The maximum Gasteiger partial charge on any atom is 0.244 e. The first-order valence-corrected chi connectivity index (χ1v) is 4.48. The molecule has 6 nitrogen and oxygen atoms in total. The number of hydrazine groups is 1. The van der Waals surface area contributed by atoms with Crippen molar-refractivity contribution in [2.75, 3.05) is 13.1 Å². The van der Waals surface area contributed by atoms with Crippen molar-refractivity contribution in [1.29, 1.82) is 0 Å². The highest BCUT2D eigenvalue weighted by Crippen LogP contribution is 2.17. The van der Waals surface area contributed by atoms with E-state index in [1.807, 2.05) is 0 Å². The van der Waals surface area contributed by atoms with Crippen LogP contribution in [0.4, 0.5) is 0 Å². The molecular formula is C8H12N4O2. The maximum atomic E-state index is 11.3. The Kier molecular flexibility index (Phi) is 2.03. The van der Waals surface area contributed by atoms with E-state index < -0.39 is 0 Å². The quantitative estimate of drug-likeness (QED) is 0.447. The first-order valence-electron chi connectivity index (χ1n) is 4.48. The van der Waals surface area contributed by atoms with Gasteiger partial charge in [0.1, 0.15) is 5.82 Å². The van der Waals surface area contributed by atoms with Crippen molar-refractivity contribution < 1.29 is 9.59 Å². The van der Waals surface area contributed by atoms with Crippen molar-refractivity contribution in [3.8, 4) is 0 Å². The lowest BCUT2D eigenvalue weighted by Gasteiger charge is -2.34. The van der Waals surface area contributed by atoms with E-state index >= 15 is 0 Å². The number of nitrogens with one attached hydrogen (secondary N) is 3. The Morgan fingerprint density at radius 3 is 2.93 bits per heavy atom. The molecule has 0 aromatic carbocycles. The number of amides is 2. The van der Waals surface area contributed by atoms with E-state index in [0.29, 0.717) is 13.1 Å². The van der Waals surface area contributed by atoms with Crippen LogP contribution in [0.25, 0.3) is 0 Å². The molecule has 6 heteroatoms. The molecule has 2 heterocycles. The van der Waals surface area contributed by atoms with Crippen LogP contribution in [0.3, 0.4) is 0 Å². The predicted octanol–water partition coefficient (Wildman–Crippen LogP) is -1.37. The number of hydrogen-bond acceptors (Lipinski definition) is 4. The van der Waals surface area contributed by atoms with Crippen molar-refractivity contribution in [3.63, 3.8) is 0 Å². The smallest absolute Gasteiger partial charge is 0.244 e. The Bertz CT molecular complexity index is 323. The summed E-state index contributed by atoms with van der Waals surface area (Å²) in [4.78, 5) is 24.0. The molecule has 3 N–H and O–H groups in total. The molecule has 0 atom stereocenters. The topological polar surface area (TPSA) is 73.5 Å². The van der Waals surface area contributed by atoms with Crippen LogP contribution >= 0.6 is 0 Å². The lowest BCUT2D eigenvalue weighted by Crippen LogP contribution is -2.53. The Hall–Kier alpha value is -1.72. The monoisotopic (exact) mass is 196 g/mol. The van der Waals surface area contributed by atoms with Crippen LogP contribution in [0.5, 0.6) is 0 Å². The van der Waals surface area contributed by atoms with Gasteiger partial charge in [0.15, 0.2) is 0 Å². The number of rotatable bonds is 0. The van der Waals surface area contributed by atoms with Crippen LogP contribution in [0, 0.1) is 0 Å². The number of hydrogen-bond donors (Lipinski definition) is 3. The van der Waals surface area contributed by atoms with Crippen molar-refractivity contribution in [2.24, 2.45) is 0 Å². The van der Waals surface area contributed by atoms with Gasteiger partial charge in [-0.3, -0.25) is 20.4 Å². The van der Waals surface area contributed by atoms with Crippen molar-refractivity contribution in [1.82, 2.24) is 21.1 Å². The van der Waals surface area contributed by atoms with Crippen LogP contribution in [0.1, 0.15) is 13.3 Å². The Labute approximate surface area is 81.3 Å². The van der Waals surface area contributed by atoms with Crippen LogP contribution in [0.2, 0.25) is 0 Å². The Balaban J connectivity index is 2.29. The molecule has 2 amide bonds. The zero-order valence-electron chi connectivity index (χ0n) is 7.89. The van der Waals surface area contributed by atoms with E-state index in [-0.39, 0.29) is 18.2 Å². The third kappa shape index (κ3) is 1.39. The molecule has 0 fully saturated rings. The minimum absolute atomic E-state index is 0.0319. The highest BCUT2D eigenvalue weighted by Gasteiger charge is 2.27. The highest BCUT2D eigenvalue weighted by atomic mass is 16.2. The van der Waals surface area contributed by atoms with Crippen molar-refractivity contribution in [2.45, 2.75) is 13.3 Å². The normalized spacial score (nSPS) is 20.6. The average molecular weight is 196 g/mol. The molecule has 76 valence electrons. The van der Waals surface area contributed by atoms with Gasteiger partial charge in [0.2, 0.25) is 11.8 Å². The van der Waals surface area contributed by atoms with Crippen LogP contribution < -0.4 is 16.2 Å². The number of carbonyl (C=O) groups is 2. The van der Waals surface area contributed by atoms with Crippen LogP contribution in [-0.4, -0.2) is 29.8 Å². The van der Waals surface area contributed by atoms with E-state index in [1.54, 1.807) is 4.90 Å². The summed E-state index contributed by atoms with van der Waals surface area (Å²) in [7, 11) is 0. The third-order valence-electron chi connectivity index (χ3n) is 2.29. The second kappa shape index (κ2) is 3.21. The predicted molar refractivity (Wildman–Crippen MR) is 48.3 cm³/mol. The molecule has 0 aliphatic carbocycles. The number of carbonyl (C=O) groups excluding carboxylic acids is 2. The first kappa shape index (κ1) is 8.86. The molecule has 0 saturated carbocycles. The van der Waals surface area contributed by atoms with Gasteiger partial charge >= 0.3 is 0 Å². The van der Waals surface area contributed by atoms with Crippen LogP contribution in [0.15, 0.2) is 11.5 Å². The molecule has 0 saturated heterocycles. The summed E-state index contributed by atoms with van der Waals surface area (Å²) in [6.07, 6.45) is 0.245. The second-order valence-corrected chi connectivity index (χ2v) is 3.27. The summed E-state index contributed by atoms with van der Waals surface area (Å²) in [6, 6.07) is 0. The molecular weight excluding hydrogens is 184 g/mol. The van der Waals surface area contributed by atoms with Gasteiger partial charge in [-0.2, -0.15) is 0 Å². The Morgan fingerprint density at radius 1 is 1.43 bits per heavy atom. The second-order valence-electron chi connectivity index (χ2n) is 3.27. The largest absolute Gasteiger partial charge is 0.367 e. The van der Waals surface area contributed by atoms with Gasteiger partial charge in [-0.1, -0.05) is 0 Å². The lowest BCUT2D eigenvalue weighted by molar-refractivity contribution is -0.128. The maximum absolute atomic E-state index is 11.3. The molecule has 2 aliphatic heterocycles. The minimum Gasteiger partial charge on any atom is -0.367 e. The average Bonchev–Trinajstić information content (AvgIpc) is 2.16. The zero-order valence-corrected chi connectivity index (χ0v) is 7.89. The third-order valence-corrected chi connectivity index (χ3v) is 2.29. The van der Waals surface area contributed by atoms with E-state index in [1.165, 1.54) is 6.92 Å². The van der Waals surface area contributed by atoms with Crippen LogP contribution in [-0.2, 0) is 9.59 Å². The summed E-state index contributed by atoms with van der Waals surface area (Å²) in [5, 5.41) is 3.09. The molecule has 0 radical (unpaired) electrons. The SMILES string of the molecule is CC(=O)N1CCNC2=C1CC(=O)NN2. The van der Waals surface area contributed by atoms with Gasteiger partial charge in [0, 0.05) is 20.0 Å². The molecule has 2 rings (SSSR count). The van der Waals surface area contributed by atoms with Gasteiger partial charge in [-0.25, -0.2) is 0 Å². The fourth-order valence-electron chi connectivity index (χ4n) is 1.64. The fourth-order valence-corrected chi connectivity index (χ4v) is 1.64. The molecule has 0 aromatic heterocycles. The van der Waals surface area contributed by atoms with Gasteiger partial charge in [0.25, 0.3) is 0 Å². The summed E-state index contributed by atoms with van der Waals surface area (Å²) in [5.41, 5.74) is 5.95. The van der Waals surface area contributed by atoms with E-state index in [0.717, 1.165) is 11.5 Å². The van der Waals surface area contributed by atoms with E-state index in [4.69, 9.17) is 0 Å². The summed E-state index contributed by atoms with van der Waals surface area (Å²) < 4.78 is 0. The van der Waals surface area contributed by atoms with Gasteiger partial charge in [0.05, 0.1) is 12.1 Å². The molecule has 14 heavy (non-hydrogen) atoms. The fraction of sp³-hybridized carbons (Fsp3) is 0.500. The number of nitrogens with zero attached hydrogens (tertiary/aromatic N) is 1.